The molecule has 0 saturated heterocycles. The third-order valence-electron chi connectivity index (χ3n) is 2.18. The van der Waals surface area contributed by atoms with Gasteiger partial charge in [-0.3, -0.25) is 0 Å². The highest BCUT2D eigenvalue weighted by Gasteiger charge is 2.23. The molecule has 2 atom stereocenters. The highest BCUT2D eigenvalue weighted by molar-refractivity contribution is 7.84. The number of hydrogen-bond acceptors (Lipinski definition) is 2. The van der Waals surface area contributed by atoms with E-state index in [4.69, 9.17) is 11.6 Å². The fourth-order valence-electron chi connectivity index (χ4n) is 1.17. The molecule has 0 bridgehead atoms. The number of pyridine rings is 1. The Hall–Kier alpha value is -0.520. The first-order valence-corrected chi connectivity index (χ1v) is 6.74. The predicted octanol–water partition coefficient (Wildman–Crippen LogP) is 2.99. The van der Waals surface area contributed by atoms with Crippen LogP contribution in [0.15, 0.2) is 12.3 Å². The molecule has 0 fully saturated rings. The minimum atomic E-state index is -1.26. The monoisotopic (exact) mass is 278 g/mol. The van der Waals surface area contributed by atoms with Crippen LogP contribution in [0.25, 0.3) is 0 Å². The van der Waals surface area contributed by atoms with E-state index in [9.17, 15) is 8.60 Å². The molecule has 1 aromatic heterocycles. The van der Waals surface area contributed by atoms with E-state index in [0.717, 1.165) is 0 Å². The largest absolute Gasteiger partial charge is 0.242 e. The summed E-state index contributed by atoms with van der Waals surface area (Å²) in [5.74, 6) is -0.569. The first-order valence-electron chi connectivity index (χ1n) is 5.21. The number of halogens is 2. The van der Waals surface area contributed by atoms with Crippen LogP contribution in [0.4, 0.5) is 4.39 Å². The van der Waals surface area contributed by atoms with Crippen molar-refractivity contribution < 1.29 is 8.60 Å². The van der Waals surface area contributed by atoms with Crippen LogP contribution in [0.5, 0.6) is 0 Å². The second-order valence-electron chi connectivity index (χ2n) is 4.73. The van der Waals surface area contributed by atoms with Crippen LogP contribution in [0.3, 0.4) is 0 Å². The number of rotatable bonds is 3. The molecule has 1 heterocycles. The topological polar surface area (TPSA) is 42.0 Å². The molecule has 2 unspecified atom stereocenters. The predicted molar refractivity (Wildman–Crippen MR) is 68.7 cm³/mol. The Morgan fingerprint density at radius 3 is 2.65 bits per heavy atom. The lowest BCUT2D eigenvalue weighted by atomic mass is 10.1. The van der Waals surface area contributed by atoms with Gasteiger partial charge < -0.3 is 0 Å². The number of nitrogens with zero attached hydrogens (tertiary/aromatic N) is 1. The molecule has 0 spiro atoms. The molecule has 1 aromatic rings. The van der Waals surface area contributed by atoms with Crippen LogP contribution < -0.4 is 4.72 Å². The summed E-state index contributed by atoms with van der Waals surface area (Å²) in [5.41, 5.74) is 0.364. The zero-order valence-corrected chi connectivity index (χ0v) is 11.8. The normalized spacial score (nSPS) is 15.6. The second-order valence-corrected chi connectivity index (χ2v) is 7.08. The van der Waals surface area contributed by atoms with Gasteiger partial charge in [-0.2, -0.15) is 0 Å². The molecule has 0 aliphatic rings. The quantitative estimate of drug-likeness (QED) is 0.864. The SMILES string of the molecule is CC(NS(=O)C(C)(C)C)c1ccnc(Cl)c1F. The molecule has 3 nitrogen and oxygen atoms in total. The van der Waals surface area contributed by atoms with Crippen molar-refractivity contribution in [3.63, 3.8) is 0 Å². The molecule has 6 heteroatoms. The van der Waals surface area contributed by atoms with E-state index in [1.165, 1.54) is 12.3 Å². The molecule has 0 aromatic carbocycles. The summed E-state index contributed by atoms with van der Waals surface area (Å²) in [6.45, 7) is 7.27. The molecular formula is C11H16ClFN2OS. The Balaban J connectivity index is 2.88. The van der Waals surface area contributed by atoms with Gasteiger partial charge in [-0.1, -0.05) is 11.6 Å². The summed E-state index contributed by atoms with van der Waals surface area (Å²) < 4.78 is 28.0. The van der Waals surface area contributed by atoms with Gasteiger partial charge in [0.2, 0.25) is 0 Å². The maximum Gasteiger partial charge on any atom is 0.165 e. The summed E-state index contributed by atoms with van der Waals surface area (Å²) in [6.07, 6.45) is 1.43. The minimum absolute atomic E-state index is 0.169. The van der Waals surface area contributed by atoms with Crippen molar-refractivity contribution in [2.24, 2.45) is 0 Å². The van der Waals surface area contributed by atoms with Crippen molar-refractivity contribution in [1.29, 1.82) is 0 Å². The summed E-state index contributed by atoms with van der Waals surface area (Å²) in [4.78, 5) is 3.64. The Kier molecular flexibility index (Phi) is 4.63. The molecule has 0 aliphatic heterocycles. The van der Waals surface area contributed by atoms with Crippen molar-refractivity contribution in [2.75, 3.05) is 0 Å². The van der Waals surface area contributed by atoms with Gasteiger partial charge in [0.25, 0.3) is 0 Å². The Labute approximate surface area is 108 Å². The molecule has 0 aliphatic carbocycles. The van der Waals surface area contributed by atoms with Gasteiger partial charge in [-0.05, 0) is 33.8 Å². The molecular weight excluding hydrogens is 263 g/mol. The van der Waals surface area contributed by atoms with E-state index in [1.54, 1.807) is 6.92 Å². The first kappa shape index (κ1) is 14.5. The third kappa shape index (κ3) is 3.72. The van der Waals surface area contributed by atoms with E-state index >= 15 is 0 Å². The summed E-state index contributed by atoms with van der Waals surface area (Å²) in [5, 5.41) is -0.169. The highest BCUT2D eigenvalue weighted by Crippen LogP contribution is 2.22. The number of aromatic nitrogens is 1. The van der Waals surface area contributed by atoms with E-state index in [1.807, 2.05) is 20.8 Å². The minimum Gasteiger partial charge on any atom is -0.242 e. The zero-order valence-electron chi connectivity index (χ0n) is 10.3. The van der Waals surface area contributed by atoms with E-state index in [0.29, 0.717) is 5.56 Å². The molecule has 0 radical (unpaired) electrons. The first-order chi connectivity index (χ1) is 7.73. The van der Waals surface area contributed by atoms with Gasteiger partial charge in [0.05, 0.1) is 15.7 Å². The molecule has 0 amide bonds. The van der Waals surface area contributed by atoms with Gasteiger partial charge in [0.15, 0.2) is 11.0 Å². The zero-order chi connectivity index (χ0) is 13.2. The van der Waals surface area contributed by atoms with E-state index in [-0.39, 0.29) is 5.15 Å². The van der Waals surface area contributed by atoms with E-state index < -0.39 is 27.6 Å². The maximum atomic E-state index is 13.7. The summed E-state index contributed by atoms with van der Waals surface area (Å²) in [6, 6.07) is 1.13. The summed E-state index contributed by atoms with van der Waals surface area (Å²) >= 11 is 5.59. The lowest BCUT2D eigenvalue weighted by Crippen LogP contribution is -2.35. The van der Waals surface area contributed by atoms with Crippen LogP contribution in [0.1, 0.15) is 39.3 Å². The van der Waals surface area contributed by atoms with Gasteiger partial charge >= 0.3 is 0 Å². The maximum absolute atomic E-state index is 13.7. The van der Waals surface area contributed by atoms with Crippen molar-refractivity contribution in [3.05, 3.63) is 28.8 Å². The number of hydrogen-bond donors (Lipinski definition) is 1. The smallest absolute Gasteiger partial charge is 0.165 e. The van der Waals surface area contributed by atoms with Crippen LogP contribution in [0.2, 0.25) is 5.15 Å². The second kappa shape index (κ2) is 5.42. The fourth-order valence-corrected chi connectivity index (χ4v) is 2.13. The molecule has 0 saturated carbocycles. The number of nitrogens with one attached hydrogen (secondary N) is 1. The van der Waals surface area contributed by atoms with Gasteiger partial charge in [0.1, 0.15) is 0 Å². The third-order valence-corrected chi connectivity index (χ3v) is 4.13. The fraction of sp³-hybridized carbons (Fsp3) is 0.545. The van der Waals surface area contributed by atoms with Crippen LogP contribution in [0, 0.1) is 5.82 Å². The average molecular weight is 279 g/mol. The van der Waals surface area contributed by atoms with Crippen LogP contribution in [-0.4, -0.2) is 13.9 Å². The van der Waals surface area contributed by atoms with Crippen molar-refractivity contribution >= 4 is 22.6 Å². The lowest BCUT2D eigenvalue weighted by molar-refractivity contribution is 0.568. The Morgan fingerprint density at radius 2 is 2.12 bits per heavy atom. The van der Waals surface area contributed by atoms with Gasteiger partial charge in [-0.15, -0.1) is 0 Å². The Bertz CT molecular complexity index is 434. The van der Waals surface area contributed by atoms with Crippen molar-refractivity contribution in [3.8, 4) is 0 Å². The highest BCUT2D eigenvalue weighted by atomic mass is 35.5. The summed E-state index contributed by atoms with van der Waals surface area (Å²) in [7, 11) is -1.26. The van der Waals surface area contributed by atoms with Crippen LogP contribution >= 0.6 is 11.6 Å². The standard InChI is InChI=1S/C11H16ClFN2OS/c1-7(15-17(16)11(2,3)4)8-5-6-14-10(12)9(8)13/h5-7,15H,1-4H3. The molecule has 1 rings (SSSR count). The van der Waals surface area contributed by atoms with Crippen molar-refractivity contribution in [2.45, 2.75) is 38.5 Å². The molecule has 1 N–H and O–H groups in total. The van der Waals surface area contributed by atoms with Crippen molar-refractivity contribution in [1.82, 2.24) is 9.71 Å². The average Bonchev–Trinajstić information content (AvgIpc) is 2.20. The van der Waals surface area contributed by atoms with Gasteiger partial charge in [0, 0.05) is 17.8 Å². The van der Waals surface area contributed by atoms with Gasteiger partial charge in [-0.25, -0.2) is 18.3 Å². The van der Waals surface area contributed by atoms with Crippen LogP contribution in [-0.2, 0) is 11.0 Å². The Morgan fingerprint density at radius 1 is 1.53 bits per heavy atom. The van der Waals surface area contributed by atoms with E-state index in [2.05, 4.69) is 9.71 Å². The molecule has 17 heavy (non-hydrogen) atoms. The lowest BCUT2D eigenvalue weighted by Gasteiger charge is -2.22. The molecule has 96 valence electrons.